The highest BCUT2D eigenvalue weighted by Crippen LogP contribution is 2.21. The summed E-state index contributed by atoms with van der Waals surface area (Å²) in [5.74, 6) is 1.44. The zero-order chi connectivity index (χ0) is 15.7. The molecule has 4 nitrogen and oxygen atoms in total. The Hall–Kier alpha value is -1.07. The van der Waals surface area contributed by atoms with Crippen molar-refractivity contribution >= 4 is 9.73 Å². The lowest BCUT2D eigenvalue weighted by Gasteiger charge is -2.17. The maximum absolute atomic E-state index is 12.2. The summed E-state index contributed by atoms with van der Waals surface area (Å²) in [5, 5.41) is 0. The first kappa shape index (κ1) is 18.0. The van der Waals surface area contributed by atoms with Crippen LogP contribution in [0.5, 0.6) is 5.75 Å². The molecule has 0 saturated heterocycles. The van der Waals surface area contributed by atoms with Crippen LogP contribution >= 0.6 is 0 Å². The predicted molar refractivity (Wildman–Crippen MR) is 88.3 cm³/mol. The molecule has 1 aromatic rings. The molecule has 0 aliphatic carbocycles. The quantitative estimate of drug-likeness (QED) is 0.692. The van der Waals surface area contributed by atoms with Crippen molar-refractivity contribution in [2.24, 2.45) is 11.7 Å². The molecule has 1 atom stereocenters. The van der Waals surface area contributed by atoms with Gasteiger partial charge in [-0.2, -0.15) is 0 Å². The molecule has 0 aliphatic heterocycles. The average Bonchev–Trinajstić information content (AvgIpc) is 2.45. The van der Waals surface area contributed by atoms with Gasteiger partial charge in [-0.1, -0.05) is 32.8 Å². The van der Waals surface area contributed by atoms with E-state index in [0.29, 0.717) is 23.2 Å². The van der Waals surface area contributed by atoms with Crippen LogP contribution in [0.4, 0.5) is 0 Å². The van der Waals surface area contributed by atoms with E-state index in [9.17, 15) is 4.21 Å². The van der Waals surface area contributed by atoms with Crippen molar-refractivity contribution in [3.8, 4) is 5.75 Å². The number of nitrogens with one attached hydrogen (secondary N) is 1. The third kappa shape index (κ3) is 6.06. The number of ether oxygens (including phenoxy) is 1. The van der Waals surface area contributed by atoms with Crippen molar-refractivity contribution in [3.63, 3.8) is 0 Å². The Morgan fingerprint density at radius 3 is 2.52 bits per heavy atom. The van der Waals surface area contributed by atoms with E-state index in [1.165, 1.54) is 0 Å². The minimum atomic E-state index is -2.80. The lowest BCUT2D eigenvalue weighted by Crippen LogP contribution is -2.15. The van der Waals surface area contributed by atoms with Gasteiger partial charge in [0.25, 0.3) is 0 Å². The molecule has 1 unspecified atom stereocenters. The van der Waals surface area contributed by atoms with Crippen LogP contribution in [0.15, 0.2) is 29.2 Å². The summed E-state index contributed by atoms with van der Waals surface area (Å²) in [4.78, 5) is 0.507. The molecule has 5 heteroatoms. The van der Waals surface area contributed by atoms with Gasteiger partial charge >= 0.3 is 0 Å². The monoisotopic (exact) mass is 312 g/mol. The van der Waals surface area contributed by atoms with Crippen molar-refractivity contribution in [2.45, 2.75) is 44.4 Å². The Morgan fingerprint density at radius 1 is 1.29 bits per heavy atom. The number of hydrogen-bond acceptors (Lipinski definition) is 4. The molecule has 0 bridgehead atoms. The summed E-state index contributed by atoms with van der Waals surface area (Å²) in [6.07, 6.45) is 4.64. The van der Waals surface area contributed by atoms with Crippen LogP contribution in [0.25, 0.3) is 0 Å². The smallest absolute Gasteiger partial charge is 0.120 e. The van der Waals surface area contributed by atoms with Gasteiger partial charge in [0, 0.05) is 12.3 Å². The summed E-state index contributed by atoms with van der Waals surface area (Å²) in [7, 11) is -2.80. The highest BCUT2D eigenvalue weighted by molar-refractivity contribution is 7.92. The number of benzene rings is 1. The minimum absolute atomic E-state index is 0.185. The van der Waals surface area contributed by atoms with E-state index >= 15 is 0 Å². The highest BCUT2D eigenvalue weighted by Gasteiger charge is 2.11. The summed E-state index contributed by atoms with van der Waals surface area (Å²) >= 11 is 0. The largest absolute Gasteiger partial charge is 0.493 e. The van der Waals surface area contributed by atoms with Crippen LogP contribution < -0.4 is 10.5 Å². The third-order valence-electron chi connectivity index (χ3n) is 3.47. The number of nitrogens with two attached hydrogens (primary N) is 1. The van der Waals surface area contributed by atoms with Crippen LogP contribution in [0, 0.1) is 10.7 Å². The first-order valence-electron chi connectivity index (χ1n) is 7.72. The van der Waals surface area contributed by atoms with E-state index in [4.69, 9.17) is 15.3 Å². The maximum Gasteiger partial charge on any atom is 0.120 e. The average molecular weight is 312 g/mol. The van der Waals surface area contributed by atoms with E-state index in [0.717, 1.165) is 25.7 Å². The van der Waals surface area contributed by atoms with Gasteiger partial charge < -0.3 is 10.5 Å². The van der Waals surface area contributed by atoms with Gasteiger partial charge in [0.15, 0.2) is 0 Å². The number of hydrogen-bond donors (Lipinski definition) is 2. The molecule has 1 aromatic carbocycles. The summed E-state index contributed by atoms with van der Waals surface area (Å²) in [6, 6.07) is 7.09. The van der Waals surface area contributed by atoms with Gasteiger partial charge in [0.2, 0.25) is 0 Å². The van der Waals surface area contributed by atoms with Crippen LogP contribution in [0.3, 0.4) is 0 Å². The van der Waals surface area contributed by atoms with E-state index in [-0.39, 0.29) is 12.3 Å². The second-order valence-corrected chi connectivity index (χ2v) is 7.63. The molecule has 3 N–H and O–H groups in total. The van der Waals surface area contributed by atoms with E-state index in [2.05, 4.69) is 13.8 Å². The molecule has 1 rings (SSSR count). The Balaban J connectivity index is 2.72. The molecule has 0 heterocycles. The normalized spacial score (nSPS) is 14.1. The fourth-order valence-corrected chi connectivity index (χ4v) is 3.57. The fourth-order valence-electron chi connectivity index (χ4n) is 2.39. The molecule has 21 heavy (non-hydrogen) atoms. The first-order valence-corrected chi connectivity index (χ1v) is 9.45. The molecule has 0 radical (unpaired) electrons. The standard InChI is InChI=1S/C16H28N2O2S/c1-3-6-14(7-4-2)13-20-15-8-5-9-16(12-15)21(18,19)11-10-17/h5,8-9,12,14,18H,3-4,6-7,10-11,13,17H2,1-2H3. The van der Waals surface area contributed by atoms with Crippen LogP contribution in [0.2, 0.25) is 0 Å². The lowest BCUT2D eigenvalue weighted by atomic mass is 9.99. The zero-order valence-corrected chi connectivity index (χ0v) is 14.0. The zero-order valence-electron chi connectivity index (χ0n) is 13.1. The second-order valence-electron chi connectivity index (χ2n) is 5.40. The highest BCUT2D eigenvalue weighted by atomic mass is 32.2. The molecule has 0 aliphatic rings. The maximum atomic E-state index is 12.2. The summed E-state index contributed by atoms with van der Waals surface area (Å²) < 4.78 is 26.0. The van der Waals surface area contributed by atoms with Gasteiger partial charge in [0.1, 0.15) is 5.75 Å². The SMILES string of the molecule is CCCC(CCC)COc1cccc(S(=N)(=O)CCN)c1. The van der Waals surface area contributed by atoms with Gasteiger partial charge in [-0.3, -0.25) is 0 Å². The lowest BCUT2D eigenvalue weighted by molar-refractivity contribution is 0.229. The Morgan fingerprint density at radius 2 is 1.95 bits per heavy atom. The molecule has 0 saturated carbocycles. The third-order valence-corrected chi connectivity index (χ3v) is 5.30. The van der Waals surface area contributed by atoms with Gasteiger partial charge in [-0.15, -0.1) is 0 Å². The minimum Gasteiger partial charge on any atom is -0.493 e. The van der Waals surface area contributed by atoms with Gasteiger partial charge in [-0.05, 0) is 37.0 Å². The van der Waals surface area contributed by atoms with Crippen molar-refractivity contribution in [1.29, 1.82) is 4.78 Å². The number of rotatable bonds is 10. The molecule has 0 amide bonds. The summed E-state index contributed by atoms with van der Waals surface area (Å²) in [6.45, 7) is 5.31. The van der Waals surface area contributed by atoms with Gasteiger partial charge in [0.05, 0.1) is 21.2 Å². The van der Waals surface area contributed by atoms with Crippen LogP contribution in [-0.4, -0.2) is 23.1 Å². The molecule has 0 aromatic heterocycles. The molecule has 120 valence electrons. The Kier molecular flexibility index (Phi) is 7.75. The van der Waals surface area contributed by atoms with E-state index in [1.807, 2.05) is 6.07 Å². The Labute approximate surface area is 129 Å². The topological polar surface area (TPSA) is 76.2 Å². The van der Waals surface area contributed by atoms with Gasteiger partial charge in [-0.25, -0.2) is 8.99 Å². The molecule has 0 spiro atoms. The first-order chi connectivity index (χ1) is 10.0. The Bertz CT molecular complexity index is 509. The van der Waals surface area contributed by atoms with Crippen molar-refractivity contribution in [3.05, 3.63) is 24.3 Å². The molecular weight excluding hydrogens is 284 g/mol. The van der Waals surface area contributed by atoms with Crippen molar-refractivity contribution < 1.29 is 8.95 Å². The van der Waals surface area contributed by atoms with Crippen LogP contribution in [0.1, 0.15) is 39.5 Å². The molecular formula is C16H28N2O2S. The van der Waals surface area contributed by atoms with Crippen molar-refractivity contribution in [1.82, 2.24) is 0 Å². The predicted octanol–water partition coefficient (Wildman–Crippen LogP) is 3.65. The fraction of sp³-hybridized carbons (Fsp3) is 0.625. The van der Waals surface area contributed by atoms with Crippen LogP contribution in [-0.2, 0) is 9.73 Å². The molecule has 0 fully saturated rings. The second kappa shape index (κ2) is 9.05. The van der Waals surface area contributed by atoms with E-state index < -0.39 is 9.73 Å². The summed E-state index contributed by atoms with van der Waals surface area (Å²) in [5.41, 5.74) is 5.42. The van der Waals surface area contributed by atoms with Crippen molar-refractivity contribution in [2.75, 3.05) is 18.9 Å². The van der Waals surface area contributed by atoms with E-state index in [1.54, 1.807) is 18.2 Å².